The molecule has 6 heteroatoms. The topological polar surface area (TPSA) is 42.2 Å². The van der Waals surface area contributed by atoms with Crippen LogP contribution in [-0.2, 0) is 0 Å². The van der Waals surface area contributed by atoms with Crippen molar-refractivity contribution in [1.29, 1.82) is 0 Å². The fourth-order valence-corrected chi connectivity index (χ4v) is 4.38. The minimum atomic E-state index is -2.55. The minimum Gasteiger partial charge on any atom is -0.336 e. The molecule has 2 aliphatic rings. The van der Waals surface area contributed by atoms with Crippen LogP contribution in [0.3, 0.4) is 0 Å². The SMILES string of the molecule is Cc1noc2nc([C@H]3CCCN(C[C@@H]4CC=CCC4)C3)cc(C(F)F)c12. The largest absolute Gasteiger partial charge is 0.336 e. The number of allylic oxidation sites excluding steroid dienone is 2. The van der Waals surface area contributed by atoms with Gasteiger partial charge in [-0.2, -0.15) is 0 Å². The Kier molecular flexibility index (Phi) is 5.02. The smallest absolute Gasteiger partial charge is 0.264 e. The van der Waals surface area contributed by atoms with E-state index in [0.717, 1.165) is 44.6 Å². The van der Waals surface area contributed by atoms with Gasteiger partial charge in [0.15, 0.2) is 0 Å². The molecule has 0 spiro atoms. The number of aromatic nitrogens is 2. The first-order valence-corrected chi connectivity index (χ1v) is 9.54. The van der Waals surface area contributed by atoms with Gasteiger partial charge in [0.1, 0.15) is 0 Å². The van der Waals surface area contributed by atoms with Crippen LogP contribution in [0.2, 0.25) is 0 Å². The van der Waals surface area contributed by atoms with Crippen molar-refractivity contribution in [3.05, 3.63) is 35.2 Å². The highest BCUT2D eigenvalue weighted by molar-refractivity contribution is 5.80. The van der Waals surface area contributed by atoms with E-state index in [-0.39, 0.29) is 17.2 Å². The van der Waals surface area contributed by atoms with Gasteiger partial charge in [0, 0.05) is 30.3 Å². The van der Waals surface area contributed by atoms with Crippen molar-refractivity contribution in [2.75, 3.05) is 19.6 Å². The van der Waals surface area contributed by atoms with E-state index in [9.17, 15) is 8.78 Å². The zero-order chi connectivity index (χ0) is 18.1. The van der Waals surface area contributed by atoms with Gasteiger partial charge >= 0.3 is 0 Å². The third-order valence-electron chi connectivity index (χ3n) is 5.72. The first-order chi connectivity index (χ1) is 12.6. The number of aryl methyl sites for hydroxylation is 1. The Hall–Kier alpha value is -1.82. The van der Waals surface area contributed by atoms with Crippen molar-refractivity contribution in [2.24, 2.45) is 5.92 Å². The maximum Gasteiger partial charge on any atom is 0.264 e. The summed E-state index contributed by atoms with van der Waals surface area (Å²) >= 11 is 0. The average molecular weight is 361 g/mol. The predicted octanol–water partition coefficient (Wildman–Crippen LogP) is 5.00. The lowest BCUT2D eigenvalue weighted by molar-refractivity contribution is 0.152. The fraction of sp³-hybridized carbons (Fsp3) is 0.600. The molecule has 1 fully saturated rings. The number of pyridine rings is 1. The van der Waals surface area contributed by atoms with E-state index in [2.05, 4.69) is 27.2 Å². The highest BCUT2D eigenvalue weighted by Gasteiger charge is 2.27. The Bertz CT molecular complexity index is 802. The Balaban J connectivity index is 1.55. The molecule has 0 N–H and O–H groups in total. The molecular formula is C20H25F2N3O. The molecular weight excluding hydrogens is 336 g/mol. The minimum absolute atomic E-state index is 0.00158. The van der Waals surface area contributed by atoms with Crippen molar-refractivity contribution >= 4 is 11.1 Å². The molecule has 3 heterocycles. The Labute approximate surface area is 152 Å². The highest BCUT2D eigenvalue weighted by Crippen LogP contribution is 2.34. The summed E-state index contributed by atoms with van der Waals surface area (Å²) in [5, 5.41) is 4.20. The van der Waals surface area contributed by atoms with Crippen molar-refractivity contribution < 1.29 is 13.3 Å². The summed E-state index contributed by atoms with van der Waals surface area (Å²) in [5.41, 5.74) is 1.44. The van der Waals surface area contributed by atoms with Crippen molar-refractivity contribution in [3.8, 4) is 0 Å². The zero-order valence-corrected chi connectivity index (χ0v) is 15.1. The average Bonchev–Trinajstić information content (AvgIpc) is 3.03. The van der Waals surface area contributed by atoms with E-state index < -0.39 is 6.43 Å². The van der Waals surface area contributed by atoms with Gasteiger partial charge in [0.2, 0.25) is 0 Å². The third kappa shape index (κ3) is 3.52. The number of likely N-dealkylation sites (tertiary alicyclic amines) is 1. The lowest BCUT2D eigenvalue weighted by Gasteiger charge is -2.35. The number of halogens is 2. The van der Waals surface area contributed by atoms with Crippen LogP contribution in [-0.4, -0.2) is 34.7 Å². The number of hydrogen-bond acceptors (Lipinski definition) is 4. The van der Waals surface area contributed by atoms with Gasteiger partial charge < -0.3 is 9.42 Å². The quantitative estimate of drug-likeness (QED) is 0.718. The van der Waals surface area contributed by atoms with E-state index >= 15 is 0 Å². The molecule has 26 heavy (non-hydrogen) atoms. The summed E-state index contributed by atoms with van der Waals surface area (Å²) in [5.74, 6) is 0.887. The number of alkyl halides is 2. The van der Waals surface area contributed by atoms with Crippen molar-refractivity contribution in [1.82, 2.24) is 15.0 Å². The number of rotatable bonds is 4. The molecule has 0 bridgehead atoms. The van der Waals surface area contributed by atoms with Crippen LogP contribution in [0.15, 0.2) is 22.7 Å². The molecule has 2 atom stereocenters. The summed E-state index contributed by atoms with van der Waals surface area (Å²) in [7, 11) is 0. The number of hydrogen-bond donors (Lipinski definition) is 0. The van der Waals surface area contributed by atoms with Gasteiger partial charge in [-0.05, 0) is 57.6 Å². The normalized spacial score (nSPS) is 24.6. The van der Waals surface area contributed by atoms with Crippen LogP contribution in [0, 0.1) is 12.8 Å². The van der Waals surface area contributed by atoms with Gasteiger partial charge in [0.25, 0.3) is 12.1 Å². The molecule has 0 amide bonds. The second-order valence-electron chi connectivity index (χ2n) is 7.63. The monoisotopic (exact) mass is 361 g/mol. The second-order valence-corrected chi connectivity index (χ2v) is 7.63. The van der Waals surface area contributed by atoms with Crippen LogP contribution in [0.25, 0.3) is 11.1 Å². The van der Waals surface area contributed by atoms with Crippen LogP contribution in [0.5, 0.6) is 0 Å². The lowest BCUT2D eigenvalue weighted by Crippen LogP contribution is -2.38. The van der Waals surface area contributed by atoms with Crippen LogP contribution < -0.4 is 0 Å². The second kappa shape index (κ2) is 7.43. The standard InChI is InChI=1S/C20H25F2N3O/c1-13-18-16(19(21)22)10-17(23-20(18)26-24-13)15-8-5-9-25(12-15)11-14-6-3-2-4-7-14/h2-3,10,14-15,19H,4-9,11-12H2,1H3/t14-,15+/m1/s1. The van der Waals surface area contributed by atoms with E-state index in [1.165, 1.54) is 12.8 Å². The number of nitrogens with zero attached hydrogens (tertiary/aromatic N) is 3. The number of piperidine rings is 1. The number of fused-ring (bicyclic) bond motifs is 1. The molecule has 2 aromatic heterocycles. The molecule has 4 rings (SSSR count). The Morgan fingerprint density at radius 3 is 2.96 bits per heavy atom. The van der Waals surface area contributed by atoms with Gasteiger partial charge in [-0.1, -0.05) is 17.3 Å². The van der Waals surface area contributed by atoms with E-state index in [1.54, 1.807) is 13.0 Å². The molecule has 1 aliphatic heterocycles. The third-order valence-corrected chi connectivity index (χ3v) is 5.72. The highest BCUT2D eigenvalue weighted by atomic mass is 19.3. The van der Waals surface area contributed by atoms with Crippen LogP contribution in [0.1, 0.15) is 61.4 Å². The van der Waals surface area contributed by atoms with Gasteiger partial charge in [-0.25, -0.2) is 13.8 Å². The molecule has 0 unspecified atom stereocenters. The van der Waals surface area contributed by atoms with E-state index in [4.69, 9.17) is 4.52 Å². The first kappa shape index (κ1) is 17.6. The molecule has 140 valence electrons. The first-order valence-electron chi connectivity index (χ1n) is 9.54. The lowest BCUT2D eigenvalue weighted by atomic mass is 9.90. The molecule has 0 aromatic carbocycles. The maximum absolute atomic E-state index is 13.6. The maximum atomic E-state index is 13.6. The summed E-state index contributed by atoms with van der Waals surface area (Å²) in [6, 6.07) is 1.58. The van der Waals surface area contributed by atoms with Gasteiger partial charge in [0.05, 0.1) is 11.1 Å². The fourth-order valence-electron chi connectivity index (χ4n) is 4.38. The molecule has 0 radical (unpaired) electrons. The molecule has 4 nitrogen and oxygen atoms in total. The van der Waals surface area contributed by atoms with Gasteiger partial charge in [-0.15, -0.1) is 0 Å². The summed E-state index contributed by atoms with van der Waals surface area (Å²) in [6.45, 7) is 4.74. The zero-order valence-electron chi connectivity index (χ0n) is 15.1. The van der Waals surface area contributed by atoms with E-state index in [1.807, 2.05) is 0 Å². The van der Waals surface area contributed by atoms with Crippen LogP contribution >= 0.6 is 0 Å². The molecule has 1 aliphatic carbocycles. The van der Waals surface area contributed by atoms with Crippen molar-refractivity contribution in [3.63, 3.8) is 0 Å². The van der Waals surface area contributed by atoms with Crippen molar-refractivity contribution in [2.45, 2.75) is 51.4 Å². The predicted molar refractivity (Wildman–Crippen MR) is 96.4 cm³/mol. The van der Waals surface area contributed by atoms with Crippen LogP contribution in [0.4, 0.5) is 8.78 Å². The molecule has 0 saturated carbocycles. The summed E-state index contributed by atoms with van der Waals surface area (Å²) < 4.78 is 32.4. The van der Waals surface area contributed by atoms with Gasteiger partial charge in [-0.3, -0.25) is 0 Å². The Morgan fingerprint density at radius 2 is 2.19 bits per heavy atom. The summed E-state index contributed by atoms with van der Waals surface area (Å²) in [6.07, 6.45) is 7.62. The Morgan fingerprint density at radius 1 is 1.31 bits per heavy atom. The molecule has 1 saturated heterocycles. The molecule has 2 aromatic rings. The van der Waals surface area contributed by atoms with E-state index in [0.29, 0.717) is 17.0 Å². The summed E-state index contributed by atoms with van der Waals surface area (Å²) in [4.78, 5) is 7.03.